The van der Waals surface area contributed by atoms with Gasteiger partial charge in [-0.2, -0.15) is 5.10 Å². The van der Waals surface area contributed by atoms with Crippen molar-refractivity contribution in [2.45, 2.75) is 26.7 Å². The van der Waals surface area contributed by atoms with Crippen LogP contribution in [0.5, 0.6) is 0 Å². The number of aromatic nitrogens is 3. The predicted octanol–water partition coefficient (Wildman–Crippen LogP) is 3.52. The Morgan fingerprint density at radius 2 is 2.14 bits per heavy atom. The molecule has 7 heteroatoms. The van der Waals surface area contributed by atoms with E-state index in [0.717, 1.165) is 28.9 Å². The molecule has 0 aliphatic heterocycles. The lowest BCUT2D eigenvalue weighted by Crippen LogP contribution is -2.05. The number of hydrogen-bond donors (Lipinski definition) is 0. The molecule has 0 spiro atoms. The van der Waals surface area contributed by atoms with Crippen LogP contribution in [0.25, 0.3) is 15.9 Å². The summed E-state index contributed by atoms with van der Waals surface area (Å²) in [4.78, 5) is 15.3. The van der Waals surface area contributed by atoms with Crippen molar-refractivity contribution < 1.29 is 4.92 Å². The topological polar surface area (TPSA) is 73.8 Å². The average Bonchev–Trinajstić information content (AvgIpc) is 3.11. The molecule has 108 valence electrons. The lowest BCUT2D eigenvalue weighted by atomic mass is 10.2. The third-order valence-electron chi connectivity index (χ3n) is 3.42. The molecule has 0 saturated heterocycles. The van der Waals surface area contributed by atoms with Crippen molar-refractivity contribution in [1.82, 2.24) is 14.8 Å². The van der Waals surface area contributed by atoms with Crippen LogP contribution in [0.3, 0.4) is 0 Å². The number of nitrogens with zero attached hydrogens (tertiary/aromatic N) is 4. The summed E-state index contributed by atoms with van der Waals surface area (Å²) in [5.41, 5.74) is 4.45. The molecule has 0 amide bonds. The molecule has 0 radical (unpaired) electrons. The second-order valence-corrected chi connectivity index (χ2v) is 5.52. The van der Waals surface area contributed by atoms with E-state index in [9.17, 15) is 10.1 Å². The van der Waals surface area contributed by atoms with E-state index in [4.69, 9.17) is 0 Å². The van der Waals surface area contributed by atoms with Crippen molar-refractivity contribution in [2.24, 2.45) is 0 Å². The Morgan fingerprint density at radius 1 is 1.33 bits per heavy atom. The fourth-order valence-electron chi connectivity index (χ4n) is 2.37. The van der Waals surface area contributed by atoms with Gasteiger partial charge >= 0.3 is 5.69 Å². The summed E-state index contributed by atoms with van der Waals surface area (Å²) >= 11 is 1.40. The van der Waals surface area contributed by atoms with Gasteiger partial charge < -0.3 is 0 Å². The Labute approximate surface area is 125 Å². The summed E-state index contributed by atoms with van der Waals surface area (Å²) in [6, 6.07) is 5.61. The van der Waals surface area contributed by atoms with Gasteiger partial charge in [-0.1, -0.05) is 13.8 Å². The number of nitro groups is 1. The number of fused-ring (bicyclic) bond motifs is 1. The summed E-state index contributed by atoms with van der Waals surface area (Å²) in [6.45, 7) is 4.03. The Balaban J connectivity index is 2.31. The lowest BCUT2D eigenvalue weighted by molar-refractivity contribution is -0.383. The van der Waals surface area contributed by atoms with Crippen molar-refractivity contribution in [3.05, 3.63) is 45.2 Å². The van der Waals surface area contributed by atoms with Crippen LogP contribution in [0.4, 0.5) is 5.69 Å². The van der Waals surface area contributed by atoms with Crippen molar-refractivity contribution in [2.75, 3.05) is 0 Å². The first kappa shape index (κ1) is 13.7. The molecule has 2 aromatic heterocycles. The van der Waals surface area contributed by atoms with Crippen LogP contribution in [-0.2, 0) is 12.8 Å². The predicted molar refractivity (Wildman–Crippen MR) is 82.2 cm³/mol. The molecule has 0 fully saturated rings. The zero-order chi connectivity index (χ0) is 15.0. The Kier molecular flexibility index (Phi) is 3.42. The van der Waals surface area contributed by atoms with Crippen LogP contribution in [0.2, 0.25) is 0 Å². The number of aryl methyl sites for hydroxylation is 2. The Morgan fingerprint density at radius 3 is 2.81 bits per heavy atom. The van der Waals surface area contributed by atoms with Gasteiger partial charge in [-0.15, -0.1) is 11.3 Å². The number of rotatable bonds is 4. The highest BCUT2D eigenvalue weighted by Gasteiger charge is 2.23. The maximum absolute atomic E-state index is 11.5. The van der Waals surface area contributed by atoms with Crippen LogP contribution < -0.4 is 0 Å². The molecule has 2 heterocycles. The fraction of sp³-hybridized carbons (Fsp3) is 0.286. The second-order valence-electron chi connectivity index (χ2n) is 4.64. The summed E-state index contributed by atoms with van der Waals surface area (Å²) < 4.78 is 2.49. The molecular formula is C14H14N4O2S. The van der Waals surface area contributed by atoms with Gasteiger partial charge in [0, 0.05) is 5.69 Å². The van der Waals surface area contributed by atoms with Crippen molar-refractivity contribution >= 4 is 27.2 Å². The molecule has 0 bridgehead atoms. The molecule has 0 aliphatic rings. The van der Waals surface area contributed by atoms with Crippen molar-refractivity contribution in [1.29, 1.82) is 0 Å². The first-order valence-corrected chi connectivity index (χ1v) is 7.62. The highest BCUT2D eigenvalue weighted by Crippen LogP contribution is 2.33. The van der Waals surface area contributed by atoms with E-state index in [2.05, 4.69) is 10.1 Å². The fourth-order valence-corrected chi connectivity index (χ4v) is 3.04. The zero-order valence-corrected chi connectivity index (χ0v) is 12.6. The smallest absolute Gasteiger partial charge is 0.258 e. The third-order valence-corrected chi connectivity index (χ3v) is 4.22. The first-order valence-electron chi connectivity index (χ1n) is 6.74. The van der Waals surface area contributed by atoms with E-state index in [1.165, 1.54) is 11.3 Å². The SMILES string of the molecule is CCc1cc(CC)n(-c2ccc3scnc3c2[N+](=O)[O-])n1. The minimum atomic E-state index is -0.371. The molecule has 1 aromatic carbocycles. The molecule has 0 N–H and O–H groups in total. The van der Waals surface area contributed by atoms with Crippen LogP contribution >= 0.6 is 11.3 Å². The summed E-state index contributed by atoms with van der Waals surface area (Å²) in [5, 5.41) is 16.0. The average molecular weight is 302 g/mol. The quantitative estimate of drug-likeness (QED) is 0.546. The third kappa shape index (κ3) is 2.19. The molecule has 0 unspecified atom stereocenters. The maximum atomic E-state index is 11.5. The maximum Gasteiger partial charge on any atom is 0.321 e. The van der Waals surface area contributed by atoms with E-state index in [-0.39, 0.29) is 10.6 Å². The molecule has 6 nitrogen and oxygen atoms in total. The van der Waals surface area contributed by atoms with Crippen LogP contribution in [0.15, 0.2) is 23.7 Å². The van der Waals surface area contributed by atoms with E-state index in [1.54, 1.807) is 16.3 Å². The van der Waals surface area contributed by atoms with Gasteiger partial charge in [0.15, 0.2) is 5.52 Å². The molecule has 3 rings (SSSR count). The minimum Gasteiger partial charge on any atom is -0.258 e. The standard InChI is InChI=1S/C14H14N4O2S/c1-3-9-7-10(4-2)17(16-9)11-5-6-12-13(15-8-21-12)14(11)18(19)20/h5-8H,3-4H2,1-2H3. The summed E-state index contributed by atoms with van der Waals surface area (Å²) in [7, 11) is 0. The Hall–Kier alpha value is -2.28. The Bertz CT molecular complexity index is 822. The van der Waals surface area contributed by atoms with Gasteiger partial charge in [0.25, 0.3) is 0 Å². The second kappa shape index (κ2) is 5.25. The van der Waals surface area contributed by atoms with Crippen molar-refractivity contribution in [3.8, 4) is 5.69 Å². The normalized spacial score (nSPS) is 11.1. The number of benzene rings is 1. The van der Waals surface area contributed by atoms with Gasteiger partial charge in [-0.05, 0) is 31.0 Å². The molecule has 21 heavy (non-hydrogen) atoms. The van der Waals surface area contributed by atoms with Gasteiger partial charge in [0.1, 0.15) is 5.69 Å². The molecule has 3 aromatic rings. The minimum absolute atomic E-state index is 0.0224. The largest absolute Gasteiger partial charge is 0.321 e. The van der Waals surface area contributed by atoms with E-state index >= 15 is 0 Å². The van der Waals surface area contributed by atoms with Gasteiger partial charge in [0.05, 0.1) is 20.8 Å². The molecular weight excluding hydrogens is 288 g/mol. The lowest BCUT2D eigenvalue weighted by Gasteiger charge is -2.07. The van der Waals surface area contributed by atoms with Crippen molar-refractivity contribution in [3.63, 3.8) is 0 Å². The summed E-state index contributed by atoms with van der Waals surface area (Å²) in [6.07, 6.45) is 1.56. The number of hydrogen-bond acceptors (Lipinski definition) is 5. The molecule has 0 aliphatic carbocycles. The number of nitro benzene ring substituents is 1. The van der Waals surface area contributed by atoms with Crippen LogP contribution in [0, 0.1) is 10.1 Å². The zero-order valence-electron chi connectivity index (χ0n) is 11.7. The number of thiazole rings is 1. The van der Waals surface area contributed by atoms with Gasteiger partial charge in [-0.25, -0.2) is 9.67 Å². The van der Waals surface area contributed by atoms with E-state index in [0.29, 0.717) is 11.2 Å². The van der Waals surface area contributed by atoms with E-state index < -0.39 is 0 Å². The monoisotopic (exact) mass is 302 g/mol. The molecule has 0 atom stereocenters. The van der Waals surface area contributed by atoms with Crippen LogP contribution in [-0.4, -0.2) is 19.7 Å². The van der Waals surface area contributed by atoms with Crippen LogP contribution in [0.1, 0.15) is 25.2 Å². The summed E-state index contributed by atoms with van der Waals surface area (Å²) in [5.74, 6) is 0. The first-order chi connectivity index (χ1) is 10.2. The van der Waals surface area contributed by atoms with E-state index in [1.807, 2.05) is 26.0 Å². The highest BCUT2D eigenvalue weighted by atomic mass is 32.1. The van der Waals surface area contributed by atoms with Gasteiger partial charge in [0.2, 0.25) is 0 Å². The highest BCUT2D eigenvalue weighted by molar-refractivity contribution is 7.16. The molecule has 0 saturated carbocycles. The van der Waals surface area contributed by atoms with Gasteiger partial charge in [-0.3, -0.25) is 10.1 Å².